The first-order valence-corrected chi connectivity index (χ1v) is 3.88. The lowest BCUT2D eigenvalue weighted by Gasteiger charge is -2.12. The summed E-state index contributed by atoms with van der Waals surface area (Å²) >= 11 is 0. The third-order valence-electron chi connectivity index (χ3n) is 1.94. The first-order chi connectivity index (χ1) is 5.77. The number of terminal acetylenes is 1. The van der Waals surface area contributed by atoms with E-state index in [1.165, 1.54) is 0 Å². The number of nitriles is 1. The summed E-state index contributed by atoms with van der Waals surface area (Å²) in [7, 11) is 0. The molecule has 12 heavy (non-hydrogen) atoms. The lowest BCUT2D eigenvalue weighted by Crippen LogP contribution is -2.25. The molecule has 0 aromatic carbocycles. The molecule has 1 atom stereocenters. The molecule has 62 valence electrons. The van der Waals surface area contributed by atoms with E-state index in [4.69, 9.17) is 11.7 Å². The van der Waals surface area contributed by atoms with Crippen LogP contribution in [0.5, 0.6) is 0 Å². The number of carbonyl (C=O) groups is 1. The average Bonchev–Trinajstić information content (AvgIpc) is 2.43. The van der Waals surface area contributed by atoms with Gasteiger partial charge in [-0.05, 0) is 0 Å². The maximum atomic E-state index is 11.2. The van der Waals surface area contributed by atoms with Crippen molar-refractivity contribution in [1.29, 1.82) is 5.26 Å². The van der Waals surface area contributed by atoms with Gasteiger partial charge in [-0.25, -0.2) is 0 Å². The second-order valence-electron chi connectivity index (χ2n) is 2.82. The van der Waals surface area contributed by atoms with Crippen LogP contribution < -0.4 is 0 Å². The molecule has 0 aromatic heterocycles. The van der Waals surface area contributed by atoms with Gasteiger partial charge in [-0.2, -0.15) is 5.26 Å². The molecule has 1 heterocycles. The number of hydrogen-bond acceptors (Lipinski definition) is 2. The molecule has 0 radical (unpaired) electrons. The lowest BCUT2D eigenvalue weighted by molar-refractivity contribution is -0.127. The highest BCUT2D eigenvalue weighted by molar-refractivity contribution is 5.79. The standard InChI is InChI=1S/C9H10N2O/c1-2-8-6-9(12)11(7-8)5-3-4-10/h1,8H,3,5-7H2. The average molecular weight is 162 g/mol. The third-order valence-corrected chi connectivity index (χ3v) is 1.94. The predicted octanol–water partition coefficient (Wildman–Crippen LogP) is 0.382. The van der Waals surface area contributed by atoms with Crippen molar-refractivity contribution in [2.24, 2.45) is 5.92 Å². The van der Waals surface area contributed by atoms with Crippen LogP contribution in [0.25, 0.3) is 0 Å². The van der Waals surface area contributed by atoms with Crippen LogP contribution in [0.15, 0.2) is 0 Å². The quantitative estimate of drug-likeness (QED) is 0.551. The molecule has 0 spiro atoms. The van der Waals surface area contributed by atoms with Gasteiger partial charge in [0.2, 0.25) is 5.91 Å². The Balaban J connectivity index is 2.43. The summed E-state index contributed by atoms with van der Waals surface area (Å²) in [6.45, 7) is 1.14. The highest BCUT2D eigenvalue weighted by atomic mass is 16.2. The fourth-order valence-electron chi connectivity index (χ4n) is 1.28. The lowest BCUT2D eigenvalue weighted by atomic mass is 10.1. The van der Waals surface area contributed by atoms with E-state index in [9.17, 15) is 4.79 Å². The van der Waals surface area contributed by atoms with E-state index in [0.29, 0.717) is 25.9 Å². The van der Waals surface area contributed by atoms with Gasteiger partial charge in [0.05, 0.1) is 12.5 Å². The first kappa shape index (κ1) is 8.62. The summed E-state index contributed by atoms with van der Waals surface area (Å²) in [6.07, 6.45) is 6.03. The molecule has 1 fully saturated rings. The minimum absolute atomic E-state index is 0.0520. The Morgan fingerprint density at radius 3 is 3.00 bits per heavy atom. The van der Waals surface area contributed by atoms with Gasteiger partial charge in [0.25, 0.3) is 0 Å². The minimum atomic E-state index is 0.0520. The summed E-state index contributed by atoms with van der Waals surface area (Å²) in [4.78, 5) is 12.8. The van der Waals surface area contributed by atoms with Gasteiger partial charge < -0.3 is 4.90 Å². The summed E-state index contributed by atoms with van der Waals surface area (Å²) in [5.41, 5.74) is 0. The Labute approximate surface area is 72.0 Å². The van der Waals surface area contributed by atoms with Crippen LogP contribution in [0.4, 0.5) is 0 Å². The van der Waals surface area contributed by atoms with Gasteiger partial charge in [-0.1, -0.05) is 0 Å². The van der Waals surface area contributed by atoms with E-state index < -0.39 is 0 Å². The van der Waals surface area contributed by atoms with Gasteiger partial charge in [-0.3, -0.25) is 4.79 Å². The molecule has 0 bridgehead atoms. The first-order valence-electron chi connectivity index (χ1n) is 3.88. The Morgan fingerprint density at radius 2 is 2.50 bits per heavy atom. The molecule has 1 rings (SSSR count). The largest absolute Gasteiger partial charge is 0.340 e. The van der Waals surface area contributed by atoms with E-state index in [1.54, 1.807) is 4.90 Å². The summed E-state index contributed by atoms with van der Waals surface area (Å²) in [5, 5.41) is 8.31. The molecule has 1 aliphatic rings. The normalized spacial score (nSPS) is 22.0. The summed E-state index contributed by atoms with van der Waals surface area (Å²) < 4.78 is 0. The highest BCUT2D eigenvalue weighted by Crippen LogP contribution is 2.16. The summed E-state index contributed by atoms with van der Waals surface area (Å²) in [5.74, 6) is 2.68. The second-order valence-corrected chi connectivity index (χ2v) is 2.82. The van der Waals surface area contributed by atoms with Gasteiger partial charge >= 0.3 is 0 Å². The van der Waals surface area contributed by atoms with Crippen LogP contribution in [-0.2, 0) is 4.79 Å². The molecular formula is C9H10N2O. The molecule has 1 amide bonds. The van der Waals surface area contributed by atoms with Crippen molar-refractivity contribution >= 4 is 5.91 Å². The maximum absolute atomic E-state index is 11.2. The van der Waals surface area contributed by atoms with Crippen molar-refractivity contribution < 1.29 is 4.79 Å². The van der Waals surface area contributed by atoms with Crippen molar-refractivity contribution in [1.82, 2.24) is 4.90 Å². The van der Waals surface area contributed by atoms with Gasteiger partial charge in [-0.15, -0.1) is 12.3 Å². The number of likely N-dealkylation sites (tertiary alicyclic amines) is 1. The fraction of sp³-hybridized carbons (Fsp3) is 0.556. The maximum Gasteiger partial charge on any atom is 0.223 e. The van der Waals surface area contributed by atoms with Crippen molar-refractivity contribution in [2.75, 3.05) is 13.1 Å². The van der Waals surface area contributed by atoms with Crippen LogP contribution in [-0.4, -0.2) is 23.9 Å². The van der Waals surface area contributed by atoms with Crippen LogP contribution in [0.2, 0.25) is 0 Å². The molecule has 1 saturated heterocycles. The van der Waals surface area contributed by atoms with Crippen LogP contribution in [0.3, 0.4) is 0 Å². The predicted molar refractivity (Wildman–Crippen MR) is 43.8 cm³/mol. The smallest absolute Gasteiger partial charge is 0.223 e. The Morgan fingerprint density at radius 1 is 1.75 bits per heavy atom. The monoisotopic (exact) mass is 162 g/mol. The highest BCUT2D eigenvalue weighted by Gasteiger charge is 2.27. The Bertz CT molecular complexity index is 259. The summed E-state index contributed by atoms with van der Waals surface area (Å²) in [6, 6.07) is 2.00. The van der Waals surface area contributed by atoms with E-state index >= 15 is 0 Å². The van der Waals surface area contributed by atoms with Crippen molar-refractivity contribution in [2.45, 2.75) is 12.8 Å². The molecule has 0 saturated carbocycles. The SMILES string of the molecule is C#CC1CC(=O)N(CCC#N)C1. The molecule has 3 heteroatoms. The topological polar surface area (TPSA) is 44.1 Å². The second kappa shape index (κ2) is 3.78. The van der Waals surface area contributed by atoms with Gasteiger partial charge in [0.15, 0.2) is 0 Å². The number of carbonyl (C=O) groups excluding carboxylic acids is 1. The minimum Gasteiger partial charge on any atom is -0.340 e. The van der Waals surface area contributed by atoms with Crippen molar-refractivity contribution in [3.8, 4) is 18.4 Å². The van der Waals surface area contributed by atoms with Crippen molar-refractivity contribution in [3.05, 3.63) is 0 Å². The number of amides is 1. The van der Waals surface area contributed by atoms with E-state index in [2.05, 4.69) is 5.92 Å². The number of hydrogen-bond donors (Lipinski definition) is 0. The molecule has 0 N–H and O–H groups in total. The number of nitrogens with zero attached hydrogens (tertiary/aromatic N) is 2. The van der Waals surface area contributed by atoms with Crippen molar-refractivity contribution in [3.63, 3.8) is 0 Å². The molecule has 0 aromatic rings. The van der Waals surface area contributed by atoms with Gasteiger partial charge in [0.1, 0.15) is 0 Å². The third kappa shape index (κ3) is 1.77. The Kier molecular flexibility index (Phi) is 2.71. The zero-order valence-corrected chi connectivity index (χ0v) is 6.79. The fourth-order valence-corrected chi connectivity index (χ4v) is 1.28. The van der Waals surface area contributed by atoms with E-state index in [1.807, 2.05) is 6.07 Å². The Hall–Kier alpha value is -1.48. The van der Waals surface area contributed by atoms with Crippen LogP contribution in [0.1, 0.15) is 12.8 Å². The van der Waals surface area contributed by atoms with E-state index in [-0.39, 0.29) is 11.8 Å². The van der Waals surface area contributed by atoms with Crippen LogP contribution >= 0.6 is 0 Å². The molecule has 1 unspecified atom stereocenters. The molecule has 1 aliphatic heterocycles. The zero-order valence-electron chi connectivity index (χ0n) is 6.79. The molecule has 3 nitrogen and oxygen atoms in total. The van der Waals surface area contributed by atoms with Gasteiger partial charge in [0, 0.05) is 25.4 Å². The van der Waals surface area contributed by atoms with Crippen LogP contribution in [0, 0.1) is 29.6 Å². The zero-order chi connectivity index (χ0) is 8.97. The molecular weight excluding hydrogens is 152 g/mol. The van der Waals surface area contributed by atoms with E-state index in [0.717, 1.165) is 0 Å². The molecule has 0 aliphatic carbocycles. The number of rotatable bonds is 2.